The van der Waals surface area contributed by atoms with Crippen LogP contribution in [0.5, 0.6) is 0 Å². The Kier molecular flexibility index (Phi) is 5.39. The minimum atomic E-state index is -3.62. The molecule has 1 aliphatic carbocycles. The van der Waals surface area contributed by atoms with E-state index in [1.54, 1.807) is 4.90 Å². The molecule has 10 heteroatoms. The number of nitrogens with zero attached hydrogens (tertiary/aromatic N) is 3. The average Bonchev–Trinajstić information content (AvgIpc) is 3.04. The molecule has 0 N–H and O–H groups in total. The fourth-order valence-electron chi connectivity index (χ4n) is 4.86. The van der Waals surface area contributed by atoms with Crippen molar-refractivity contribution in [2.45, 2.75) is 23.8 Å². The Bertz CT molecular complexity index is 1050. The van der Waals surface area contributed by atoms with Crippen LogP contribution >= 0.6 is 0 Å². The number of imide groups is 1. The molecule has 3 fully saturated rings. The summed E-state index contributed by atoms with van der Waals surface area (Å²) < 4.78 is 32.0. The highest BCUT2D eigenvalue weighted by Crippen LogP contribution is 2.37. The fourth-order valence-corrected chi connectivity index (χ4v) is 6.27. The molecule has 0 bridgehead atoms. The van der Waals surface area contributed by atoms with Gasteiger partial charge in [0.05, 0.1) is 36.0 Å². The Balaban J connectivity index is 1.22. The molecule has 3 heterocycles. The van der Waals surface area contributed by atoms with Gasteiger partial charge < -0.3 is 9.64 Å². The molecule has 0 radical (unpaired) electrons. The van der Waals surface area contributed by atoms with E-state index in [9.17, 15) is 22.8 Å². The van der Waals surface area contributed by atoms with Gasteiger partial charge in [0.25, 0.3) is 5.91 Å². The van der Waals surface area contributed by atoms with E-state index in [1.807, 2.05) is 12.2 Å². The number of amides is 3. The number of hydrogen-bond acceptors (Lipinski definition) is 6. The Morgan fingerprint density at radius 1 is 0.906 bits per heavy atom. The number of carbonyl (C=O) groups excluding carboxylic acids is 3. The first-order valence-corrected chi connectivity index (χ1v) is 12.3. The molecule has 0 saturated carbocycles. The molecule has 3 amide bonds. The van der Waals surface area contributed by atoms with Crippen molar-refractivity contribution < 1.29 is 27.5 Å². The standard InChI is InChI=1S/C22H25N3O6S/c26-20(15-5-7-17(8-6-15)32(29,30)24-9-11-31-12-10-24)23-13-16(14-23)25-21(27)18-3-1-2-4-19(18)22(25)28/h1-2,5-8,16,18-19H,3-4,9-14H2. The van der Waals surface area contributed by atoms with Gasteiger partial charge >= 0.3 is 0 Å². The molecular formula is C22H25N3O6S. The van der Waals surface area contributed by atoms with Crippen LogP contribution < -0.4 is 0 Å². The first-order chi connectivity index (χ1) is 15.4. The summed E-state index contributed by atoms with van der Waals surface area (Å²) in [5, 5.41) is 0. The summed E-state index contributed by atoms with van der Waals surface area (Å²) in [5.74, 6) is -1.02. The first kappa shape index (κ1) is 21.3. The molecule has 1 aromatic rings. The van der Waals surface area contributed by atoms with Crippen LogP contribution in [0.3, 0.4) is 0 Å². The summed E-state index contributed by atoms with van der Waals surface area (Å²) in [5.41, 5.74) is 0.376. The van der Waals surface area contributed by atoms with Crippen molar-refractivity contribution in [1.82, 2.24) is 14.1 Å². The molecule has 5 rings (SSSR count). The number of ether oxygens (including phenoxy) is 1. The third-order valence-corrected chi connectivity index (χ3v) is 8.68. The Labute approximate surface area is 186 Å². The van der Waals surface area contributed by atoms with Crippen LogP contribution in [0.15, 0.2) is 41.3 Å². The number of rotatable bonds is 4. The largest absolute Gasteiger partial charge is 0.379 e. The molecule has 3 aliphatic heterocycles. The first-order valence-electron chi connectivity index (χ1n) is 10.9. The summed E-state index contributed by atoms with van der Waals surface area (Å²) in [6.45, 7) is 1.96. The lowest BCUT2D eigenvalue weighted by Gasteiger charge is -2.43. The lowest BCUT2D eigenvalue weighted by molar-refractivity contribution is -0.145. The summed E-state index contributed by atoms with van der Waals surface area (Å²) in [6.07, 6.45) is 5.10. The van der Waals surface area contributed by atoms with Crippen LogP contribution in [0.1, 0.15) is 23.2 Å². The lowest BCUT2D eigenvalue weighted by Crippen LogP contribution is -2.62. The van der Waals surface area contributed by atoms with E-state index >= 15 is 0 Å². The molecule has 4 aliphatic rings. The molecule has 0 spiro atoms. The number of morpholine rings is 1. The number of sulfonamides is 1. The topological polar surface area (TPSA) is 104 Å². The highest BCUT2D eigenvalue weighted by atomic mass is 32.2. The maximum absolute atomic E-state index is 12.8. The van der Waals surface area contributed by atoms with Crippen molar-refractivity contribution in [3.05, 3.63) is 42.0 Å². The van der Waals surface area contributed by atoms with Gasteiger partial charge in [-0.2, -0.15) is 4.31 Å². The van der Waals surface area contributed by atoms with Crippen molar-refractivity contribution in [3.8, 4) is 0 Å². The number of carbonyl (C=O) groups is 3. The minimum absolute atomic E-state index is 0.126. The summed E-state index contributed by atoms with van der Waals surface area (Å²) >= 11 is 0. The van der Waals surface area contributed by atoms with Gasteiger partial charge in [-0.15, -0.1) is 0 Å². The molecule has 32 heavy (non-hydrogen) atoms. The van der Waals surface area contributed by atoms with E-state index in [-0.39, 0.29) is 40.5 Å². The zero-order chi connectivity index (χ0) is 22.5. The molecule has 2 atom stereocenters. The number of likely N-dealkylation sites (tertiary alicyclic amines) is 2. The van der Waals surface area contributed by atoms with Gasteiger partial charge in [-0.1, -0.05) is 12.2 Å². The maximum atomic E-state index is 12.8. The van der Waals surface area contributed by atoms with Crippen LogP contribution in [-0.2, 0) is 24.3 Å². The predicted molar refractivity (Wildman–Crippen MR) is 113 cm³/mol. The minimum Gasteiger partial charge on any atom is -0.379 e. The van der Waals surface area contributed by atoms with E-state index in [0.29, 0.717) is 57.8 Å². The second kappa shape index (κ2) is 8.09. The quantitative estimate of drug-likeness (QED) is 0.479. The van der Waals surface area contributed by atoms with Crippen LogP contribution in [-0.4, -0.2) is 85.7 Å². The van der Waals surface area contributed by atoms with Crippen molar-refractivity contribution >= 4 is 27.7 Å². The van der Waals surface area contributed by atoms with E-state index < -0.39 is 10.0 Å². The zero-order valence-corrected chi connectivity index (χ0v) is 18.4. The Morgan fingerprint density at radius 2 is 1.47 bits per heavy atom. The van der Waals surface area contributed by atoms with E-state index in [4.69, 9.17) is 4.74 Å². The van der Waals surface area contributed by atoms with E-state index in [1.165, 1.54) is 33.5 Å². The average molecular weight is 460 g/mol. The van der Waals surface area contributed by atoms with E-state index in [0.717, 1.165) is 0 Å². The van der Waals surface area contributed by atoms with Gasteiger partial charge in [-0.25, -0.2) is 8.42 Å². The number of allylic oxidation sites excluding steroid dienone is 2. The third-order valence-electron chi connectivity index (χ3n) is 6.77. The Hall–Kier alpha value is -2.56. The van der Waals surface area contributed by atoms with Crippen LogP contribution in [0, 0.1) is 11.8 Å². The lowest BCUT2D eigenvalue weighted by atomic mass is 9.85. The normalized spacial score (nSPS) is 26.9. The number of hydrogen-bond donors (Lipinski definition) is 0. The van der Waals surface area contributed by atoms with Gasteiger partial charge in [0, 0.05) is 31.7 Å². The maximum Gasteiger partial charge on any atom is 0.253 e. The molecule has 1 aromatic carbocycles. The fraction of sp³-hybridized carbons (Fsp3) is 0.500. The van der Waals surface area contributed by atoms with Crippen molar-refractivity contribution in [2.75, 3.05) is 39.4 Å². The molecule has 2 unspecified atom stereocenters. The monoisotopic (exact) mass is 459 g/mol. The van der Waals surface area contributed by atoms with Gasteiger partial charge in [-0.05, 0) is 37.1 Å². The van der Waals surface area contributed by atoms with Gasteiger partial charge in [0.1, 0.15) is 0 Å². The highest BCUT2D eigenvalue weighted by Gasteiger charge is 2.52. The SMILES string of the molecule is O=C(c1ccc(S(=O)(=O)N2CCOCC2)cc1)N1CC(N2C(=O)C3CC=CCC3C2=O)C1. The van der Waals surface area contributed by atoms with Gasteiger partial charge in [-0.3, -0.25) is 19.3 Å². The summed E-state index contributed by atoms with van der Waals surface area (Å²) in [4.78, 5) is 41.3. The second-order valence-electron chi connectivity index (χ2n) is 8.61. The van der Waals surface area contributed by atoms with E-state index in [2.05, 4.69) is 0 Å². The smallest absolute Gasteiger partial charge is 0.253 e. The number of benzene rings is 1. The zero-order valence-electron chi connectivity index (χ0n) is 17.6. The second-order valence-corrected chi connectivity index (χ2v) is 10.5. The highest BCUT2D eigenvalue weighted by molar-refractivity contribution is 7.89. The molecule has 170 valence electrons. The summed E-state index contributed by atoms with van der Waals surface area (Å²) in [6, 6.07) is 5.62. The molecular weight excluding hydrogens is 434 g/mol. The van der Waals surface area contributed by atoms with Crippen LogP contribution in [0.25, 0.3) is 0 Å². The molecule has 3 saturated heterocycles. The van der Waals surface area contributed by atoms with Crippen molar-refractivity contribution in [1.29, 1.82) is 0 Å². The Morgan fingerprint density at radius 3 is 2.03 bits per heavy atom. The molecule has 9 nitrogen and oxygen atoms in total. The predicted octanol–water partition coefficient (Wildman–Crippen LogP) is 0.483. The molecule has 0 aromatic heterocycles. The van der Waals surface area contributed by atoms with Gasteiger partial charge in [0.15, 0.2) is 0 Å². The van der Waals surface area contributed by atoms with Crippen molar-refractivity contribution in [3.63, 3.8) is 0 Å². The summed E-state index contributed by atoms with van der Waals surface area (Å²) in [7, 11) is -3.62. The van der Waals surface area contributed by atoms with Crippen LogP contribution in [0.2, 0.25) is 0 Å². The third kappa shape index (κ3) is 3.46. The van der Waals surface area contributed by atoms with Crippen LogP contribution in [0.4, 0.5) is 0 Å². The number of fused-ring (bicyclic) bond motifs is 1. The van der Waals surface area contributed by atoms with Gasteiger partial charge in [0.2, 0.25) is 21.8 Å². The van der Waals surface area contributed by atoms with Crippen molar-refractivity contribution in [2.24, 2.45) is 11.8 Å².